The van der Waals surface area contributed by atoms with Gasteiger partial charge in [-0.25, -0.2) is 0 Å². The van der Waals surface area contributed by atoms with Crippen molar-refractivity contribution in [1.29, 1.82) is 0 Å². The summed E-state index contributed by atoms with van der Waals surface area (Å²) in [6.45, 7) is 1.40. The van der Waals surface area contributed by atoms with Crippen LogP contribution in [-0.2, 0) is 13.1 Å². The van der Waals surface area contributed by atoms with Crippen LogP contribution in [0.1, 0.15) is 16.7 Å². The van der Waals surface area contributed by atoms with Gasteiger partial charge < -0.3 is 14.3 Å². The Labute approximate surface area is 125 Å². The molecule has 0 fully saturated rings. The maximum absolute atomic E-state index is 8.77. The summed E-state index contributed by atoms with van der Waals surface area (Å²) in [5.74, 6) is 6.41. The minimum atomic E-state index is -0.137. The lowest BCUT2D eigenvalue weighted by Gasteiger charge is -2.18. The summed E-state index contributed by atoms with van der Waals surface area (Å²) in [4.78, 5) is 2.17. The Morgan fingerprint density at radius 1 is 1.29 bits per heavy atom. The fraction of sp³-hybridized carbons (Fsp3) is 0.294. The standard InChI is InChI=1S/C17H19NO3/c1-18(11-15-7-9-21-13-15)12-16-10-14(4-3-8-19)5-6-17(16)20-2/h5-7,9-10,13,19H,8,11-12H2,1-2H3. The van der Waals surface area contributed by atoms with Gasteiger partial charge in [0.15, 0.2) is 0 Å². The third kappa shape index (κ3) is 4.38. The largest absolute Gasteiger partial charge is 0.496 e. The zero-order chi connectivity index (χ0) is 15.1. The molecule has 0 aliphatic rings. The van der Waals surface area contributed by atoms with E-state index in [9.17, 15) is 0 Å². The molecule has 2 rings (SSSR count). The van der Waals surface area contributed by atoms with Crippen LogP contribution in [0.4, 0.5) is 0 Å². The molecule has 21 heavy (non-hydrogen) atoms. The van der Waals surface area contributed by atoms with Gasteiger partial charge in [-0.2, -0.15) is 0 Å². The van der Waals surface area contributed by atoms with E-state index in [0.29, 0.717) is 0 Å². The van der Waals surface area contributed by atoms with Crippen LogP contribution in [0.2, 0.25) is 0 Å². The van der Waals surface area contributed by atoms with Crippen molar-refractivity contribution in [1.82, 2.24) is 4.90 Å². The Bertz CT molecular complexity index is 623. The molecule has 4 nitrogen and oxygen atoms in total. The number of ether oxygens (including phenoxy) is 1. The summed E-state index contributed by atoms with van der Waals surface area (Å²) in [5, 5.41) is 8.77. The van der Waals surface area contributed by atoms with Crippen LogP contribution in [0.15, 0.2) is 41.2 Å². The van der Waals surface area contributed by atoms with Gasteiger partial charge in [0.05, 0.1) is 19.6 Å². The van der Waals surface area contributed by atoms with E-state index in [1.807, 2.05) is 31.3 Å². The third-order valence-corrected chi connectivity index (χ3v) is 3.07. The maximum Gasteiger partial charge on any atom is 0.123 e. The van der Waals surface area contributed by atoms with Crippen LogP contribution >= 0.6 is 0 Å². The van der Waals surface area contributed by atoms with Gasteiger partial charge in [0.1, 0.15) is 12.4 Å². The molecule has 110 valence electrons. The summed E-state index contributed by atoms with van der Waals surface area (Å²) in [5.41, 5.74) is 3.07. The Morgan fingerprint density at radius 3 is 2.81 bits per heavy atom. The molecule has 1 N–H and O–H groups in total. The molecule has 0 unspecified atom stereocenters. The first-order valence-electron chi connectivity index (χ1n) is 6.69. The van der Waals surface area contributed by atoms with E-state index in [1.165, 1.54) is 0 Å². The molecule has 0 saturated carbocycles. The van der Waals surface area contributed by atoms with Crippen LogP contribution in [0.25, 0.3) is 0 Å². The second kappa shape index (κ2) is 7.53. The minimum absolute atomic E-state index is 0.137. The second-order valence-electron chi connectivity index (χ2n) is 4.79. The molecular weight excluding hydrogens is 266 g/mol. The number of hydrogen-bond acceptors (Lipinski definition) is 4. The van der Waals surface area contributed by atoms with Crippen LogP contribution in [0.5, 0.6) is 5.75 Å². The van der Waals surface area contributed by atoms with Crippen LogP contribution in [0.3, 0.4) is 0 Å². The SMILES string of the molecule is COc1ccc(C#CCO)cc1CN(C)Cc1ccoc1. The van der Waals surface area contributed by atoms with E-state index in [1.54, 1.807) is 19.6 Å². The molecule has 2 aromatic rings. The van der Waals surface area contributed by atoms with Gasteiger partial charge in [-0.15, -0.1) is 0 Å². The Morgan fingerprint density at radius 2 is 2.14 bits per heavy atom. The Hall–Kier alpha value is -2.22. The summed E-state index contributed by atoms with van der Waals surface area (Å²) >= 11 is 0. The number of methoxy groups -OCH3 is 1. The van der Waals surface area contributed by atoms with Gasteiger partial charge in [-0.1, -0.05) is 11.8 Å². The van der Waals surface area contributed by atoms with E-state index >= 15 is 0 Å². The number of benzene rings is 1. The number of hydrogen-bond donors (Lipinski definition) is 1. The average Bonchev–Trinajstić information content (AvgIpc) is 2.98. The molecule has 0 bridgehead atoms. The normalized spacial score (nSPS) is 10.3. The van der Waals surface area contributed by atoms with Crippen LogP contribution in [-0.4, -0.2) is 30.8 Å². The zero-order valence-electron chi connectivity index (χ0n) is 12.3. The summed E-state index contributed by atoms with van der Waals surface area (Å²) < 4.78 is 10.5. The number of furan rings is 1. The fourth-order valence-corrected chi connectivity index (χ4v) is 2.16. The fourth-order valence-electron chi connectivity index (χ4n) is 2.16. The highest BCUT2D eigenvalue weighted by Crippen LogP contribution is 2.21. The van der Waals surface area contributed by atoms with Gasteiger partial charge in [-0.3, -0.25) is 4.90 Å². The zero-order valence-corrected chi connectivity index (χ0v) is 12.3. The lowest BCUT2D eigenvalue weighted by atomic mass is 10.1. The van der Waals surface area contributed by atoms with Crippen molar-refractivity contribution in [2.75, 3.05) is 20.8 Å². The lowest BCUT2D eigenvalue weighted by Crippen LogP contribution is -2.17. The minimum Gasteiger partial charge on any atom is -0.496 e. The number of aliphatic hydroxyl groups excluding tert-OH is 1. The highest BCUT2D eigenvalue weighted by Gasteiger charge is 2.08. The Balaban J connectivity index is 2.12. The smallest absolute Gasteiger partial charge is 0.123 e. The highest BCUT2D eigenvalue weighted by atomic mass is 16.5. The lowest BCUT2D eigenvalue weighted by molar-refractivity contribution is 0.309. The van der Waals surface area contributed by atoms with Crippen molar-refractivity contribution in [3.05, 3.63) is 53.5 Å². The van der Waals surface area contributed by atoms with Crippen molar-refractivity contribution < 1.29 is 14.3 Å². The highest BCUT2D eigenvalue weighted by molar-refractivity contribution is 5.44. The van der Waals surface area contributed by atoms with Crippen molar-refractivity contribution in [2.45, 2.75) is 13.1 Å². The quantitative estimate of drug-likeness (QED) is 0.856. The first kappa shape index (κ1) is 15.2. The molecule has 0 aliphatic heterocycles. The van der Waals surface area contributed by atoms with Crippen LogP contribution < -0.4 is 4.74 Å². The van der Waals surface area contributed by atoms with E-state index in [-0.39, 0.29) is 6.61 Å². The summed E-state index contributed by atoms with van der Waals surface area (Å²) in [6.07, 6.45) is 3.42. The molecule has 1 heterocycles. The molecule has 0 aliphatic carbocycles. The monoisotopic (exact) mass is 285 g/mol. The second-order valence-corrected chi connectivity index (χ2v) is 4.79. The summed E-state index contributed by atoms with van der Waals surface area (Å²) in [6, 6.07) is 7.74. The number of nitrogens with zero attached hydrogens (tertiary/aromatic N) is 1. The number of aliphatic hydroxyl groups is 1. The Kier molecular flexibility index (Phi) is 5.44. The van der Waals surface area contributed by atoms with Crippen LogP contribution in [0, 0.1) is 11.8 Å². The van der Waals surface area contributed by atoms with Gasteiger partial charge in [-0.05, 0) is 31.3 Å². The van der Waals surface area contributed by atoms with E-state index in [0.717, 1.165) is 35.5 Å². The molecular formula is C17H19NO3. The van der Waals surface area contributed by atoms with Gasteiger partial charge in [0, 0.05) is 29.8 Å². The van der Waals surface area contributed by atoms with Gasteiger partial charge in [0.25, 0.3) is 0 Å². The average molecular weight is 285 g/mol. The molecule has 0 spiro atoms. The van der Waals surface area contributed by atoms with Crippen molar-refractivity contribution in [2.24, 2.45) is 0 Å². The van der Waals surface area contributed by atoms with E-state index < -0.39 is 0 Å². The predicted octanol–water partition coefficient (Wildman–Crippen LogP) is 2.26. The van der Waals surface area contributed by atoms with Crippen molar-refractivity contribution in [3.8, 4) is 17.6 Å². The molecule has 4 heteroatoms. The first-order chi connectivity index (χ1) is 10.2. The van der Waals surface area contributed by atoms with Gasteiger partial charge in [0.2, 0.25) is 0 Å². The third-order valence-electron chi connectivity index (χ3n) is 3.07. The molecule has 1 aromatic heterocycles. The predicted molar refractivity (Wildman–Crippen MR) is 80.8 cm³/mol. The molecule has 0 atom stereocenters. The summed E-state index contributed by atoms with van der Waals surface area (Å²) in [7, 11) is 3.70. The van der Waals surface area contributed by atoms with Crippen molar-refractivity contribution in [3.63, 3.8) is 0 Å². The van der Waals surface area contributed by atoms with Gasteiger partial charge >= 0.3 is 0 Å². The maximum atomic E-state index is 8.77. The molecule has 0 amide bonds. The van der Waals surface area contributed by atoms with E-state index in [4.69, 9.17) is 14.3 Å². The molecule has 0 saturated heterocycles. The molecule has 0 radical (unpaired) electrons. The van der Waals surface area contributed by atoms with Crippen molar-refractivity contribution >= 4 is 0 Å². The van der Waals surface area contributed by atoms with E-state index in [2.05, 4.69) is 16.7 Å². The number of rotatable bonds is 5. The first-order valence-corrected chi connectivity index (χ1v) is 6.69. The topological polar surface area (TPSA) is 45.8 Å². The molecule has 1 aromatic carbocycles.